The van der Waals surface area contributed by atoms with Crippen LogP contribution >= 0.6 is 24.0 Å². The number of carbonyl (C=O) groups excluding carboxylic acids is 1. The topological polar surface area (TPSA) is 32.3 Å². The van der Waals surface area contributed by atoms with E-state index in [4.69, 9.17) is 11.6 Å². The lowest BCUT2D eigenvalue weighted by molar-refractivity contribution is -0.119. The number of rotatable bonds is 3. The van der Waals surface area contributed by atoms with Crippen LogP contribution < -0.4 is 10.2 Å². The van der Waals surface area contributed by atoms with Gasteiger partial charge in [-0.1, -0.05) is 24.6 Å². The SMILES string of the molecule is CC(CC(=O)N1CCc2c(Cl)cccc21)C1CCCNC1.Cl. The van der Waals surface area contributed by atoms with E-state index in [2.05, 4.69) is 12.2 Å². The lowest BCUT2D eigenvalue weighted by atomic mass is 9.85. The predicted octanol–water partition coefficient (Wildman–Crippen LogP) is 3.68. The first kappa shape index (κ1) is 17.6. The molecule has 5 heteroatoms. The largest absolute Gasteiger partial charge is 0.316 e. The Morgan fingerprint density at radius 1 is 1.50 bits per heavy atom. The van der Waals surface area contributed by atoms with Gasteiger partial charge in [0.05, 0.1) is 0 Å². The number of anilines is 1. The van der Waals surface area contributed by atoms with Gasteiger partial charge in [-0.3, -0.25) is 4.79 Å². The van der Waals surface area contributed by atoms with E-state index in [1.54, 1.807) is 0 Å². The van der Waals surface area contributed by atoms with Crippen LogP contribution in [0, 0.1) is 11.8 Å². The Morgan fingerprint density at radius 2 is 2.32 bits per heavy atom. The molecule has 22 heavy (non-hydrogen) atoms. The Morgan fingerprint density at radius 3 is 3.05 bits per heavy atom. The van der Waals surface area contributed by atoms with Crippen LogP contribution in [-0.4, -0.2) is 25.5 Å². The second kappa shape index (κ2) is 7.67. The van der Waals surface area contributed by atoms with Gasteiger partial charge in [0.2, 0.25) is 5.91 Å². The summed E-state index contributed by atoms with van der Waals surface area (Å²) in [5.74, 6) is 1.31. The summed E-state index contributed by atoms with van der Waals surface area (Å²) in [5, 5.41) is 4.22. The van der Waals surface area contributed by atoms with E-state index >= 15 is 0 Å². The van der Waals surface area contributed by atoms with Crippen molar-refractivity contribution in [1.82, 2.24) is 5.32 Å². The molecule has 1 amide bonds. The molecule has 3 rings (SSSR count). The molecule has 0 spiro atoms. The highest BCUT2D eigenvalue weighted by Crippen LogP contribution is 2.34. The summed E-state index contributed by atoms with van der Waals surface area (Å²) in [5.41, 5.74) is 2.14. The Kier molecular flexibility index (Phi) is 6.13. The quantitative estimate of drug-likeness (QED) is 0.908. The number of benzene rings is 1. The number of hydrogen-bond donors (Lipinski definition) is 1. The van der Waals surface area contributed by atoms with Crippen LogP contribution in [0.15, 0.2) is 18.2 Å². The molecule has 0 saturated carbocycles. The van der Waals surface area contributed by atoms with E-state index in [-0.39, 0.29) is 18.3 Å². The third kappa shape index (κ3) is 3.58. The maximum Gasteiger partial charge on any atom is 0.227 e. The van der Waals surface area contributed by atoms with Crippen molar-refractivity contribution in [2.24, 2.45) is 11.8 Å². The van der Waals surface area contributed by atoms with Crippen LogP contribution in [0.2, 0.25) is 5.02 Å². The standard InChI is InChI=1S/C17H23ClN2O.ClH/c1-12(13-4-3-8-19-11-13)10-17(21)20-9-7-14-15(18)5-2-6-16(14)20;/h2,5-6,12-13,19H,3-4,7-11H2,1H3;1H. The first-order chi connectivity index (χ1) is 10.2. The van der Waals surface area contributed by atoms with Crippen LogP contribution in [0.3, 0.4) is 0 Å². The first-order valence-electron chi connectivity index (χ1n) is 7.95. The van der Waals surface area contributed by atoms with E-state index < -0.39 is 0 Å². The highest BCUT2D eigenvalue weighted by Gasteiger charge is 2.29. The van der Waals surface area contributed by atoms with Gasteiger partial charge in [-0.05, 0) is 61.9 Å². The summed E-state index contributed by atoms with van der Waals surface area (Å²) in [6, 6.07) is 5.85. The number of carbonyl (C=O) groups is 1. The molecule has 1 N–H and O–H groups in total. The molecule has 1 aromatic carbocycles. The van der Waals surface area contributed by atoms with Gasteiger partial charge >= 0.3 is 0 Å². The fourth-order valence-electron chi connectivity index (χ4n) is 3.57. The molecule has 0 bridgehead atoms. The zero-order chi connectivity index (χ0) is 14.8. The van der Waals surface area contributed by atoms with Crippen molar-refractivity contribution in [3.63, 3.8) is 0 Å². The van der Waals surface area contributed by atoms with Crippen molar-refractivity contribution in [2.75, 3.05) is 24.5 Å². The fourth-order valence-corrected chi connectivity index (χ4v) is 3.83. The van der Waals surface area contributed by atoms with Gasteiger partial charge in [-0.15, -0.1) is 12.4 Å². The molecule has 2 atom stereocenters. The average Bonchev–Trinajstić information content (AvgIpc) is 2.93. The van der Waals surface area contributed by atoms with Crippen molar-refractivity contribution < 1.29 is 4.79 Å². The zero-order valence-electron chi connectivity index (χ0n) is 13.0. The number of hydrogen-bond acceptors (Lipinski definition) is 2. The summed E-state index contributed by atoms with van der Waals surface area (Å²) in [4.78, 5) is 14.6. The predicted molar refractivity (Wildman–Crippen MR) is 94.1 cm³/mol. The lowest BCUT2D eigenvalue weighted by Crippen LogP contribution is -2.36. The maximum atomic E-state index is 12.6. The minimum Gasteiger partial charge on any atom is -0.316 e. The monoisotopic (exact) mass is 342 g/mol. The van der Waals surface area contributed by atoms with E-state index in [0.29, 0.717) is 18.3 Å². The van der Waals surface area contributed by atoms with E-state index in [1.807, 2.05) is 23.1 Å². The van der Waals surface area contributed by atoms with Gasteiger partial charge in [-0.2, -0.15) is 0 Å². The molecular weight excluding hydrogens is 319 g/mol. The zero-order valence-corrected chi connectivity index (χ0v) is 14.6. The van der Waals surface area contributed by atoms with Crippen LogP contribution in [-0.2, 0) is 11.2 Å². The Bertz CT molecular complexity index is 529. The molecule has 1 saturated heterocycles. The molecule has 0 radical (unpaired) electrons. The summed E-state index contributed by atoms with van der Waals surface area (Å²) in [7, 11) is 0. The van der Waals surface area contributed by atoms with Crippen LogP contribution in [0.5, 0.6) is 0 Å². The third-order valence-corrected chi connectivity index (χ3v) is 5.26. The van der Waals surface area contributed by atoms with E-state index in [0.717, 1.165) is 42.3 Å². The van der Waals surface area contributed by atoms with Crippen molar-refractivity contribution in [3.05, 3.63) is 28.8 Å². The normalized spacial score (nSPS) is 21.9. The molecule has 2 heterocycles. The number of nitrogens with zero attached hydrogens (tertiary/aromatic N) is 1. The highest BCUT2D eigenvalue weighted by atomic mass is 35.5. The van der Waals surface area contributed by atoms with Crippen molar-refractivity contribution >= 4 is 35.6 Å². The van der Waals surface area contributed by atoms with Crippen LogP contribution in [0.25, 0.3) is 0 Å². The Balaban J connectivity index is 0.00000176. The second-order valence-electron chi connectivity index (χ2n) is 6.32. The first-order valence-corrected chi connectivity index (χ1v) is 8.33. The average molecular weight is 343 g/mol. The molecular formula is C17H24Cl2N2O. The van der Waals surface area contributed by atoms with Gasteiger partial charge in [0.15, 0.2) is 0 Å². The van der Waals surface area contributed by atoms with Crippen LogP contribution in [0.4, 0.5) is 5.69 Å². The molecule has 2 aliphatic heterocycles. The Hall–Kier alpha value is -0.770. The Labute approximate surface area is 143 Å². The third-order valence-electron chi connectivity index (χ3n) is 4.91. The molecule has 0 aliphatic carbocycles. The molecule has 1 aromatic rings. The maximum absolute atomic E-state index is 12.6. The van der Waals surface area contributed by atoms with Crippen molar-refractivity contribution in [2.45, 2.75) is 32.6 Å². The molecule has 122 valence electrons. The summed E-state index contributed by atoms with van der Waals surface area (Å²) in [6.45, 7) is 5.16. The molecule has 2 aliphatic rings. The van der Waals surface area contributed by atoms with Crippen molar-refractivity contribution in [1.29, 1.82) is 0 Å². The lowest BCUT2D eigenvalue weighted by Gasteiger charge is -2.29. The van der Waals surface area contributed by atoms with Gasteiger partial charge in [0.25, 0.3) is 0 Å². The highest BCUT2D eigenvalue weighted by molar-refractivity contribution is 6.32. The van der Waals surface area contributed by atoms with Gasteiger partial charge in [0.1, 0.15) is 0 Å². The summed E-state index contributed by atoms with van der Waals surface area (Å²) < 4.78 is 0. The minimum absolute atomic E-state index is 0. The second-order valence-corrected chi connectivity index (χ2v) is 6.73. The smallest absolute Gasteiger partial charge is 0.227 e. The number of halogens is 2. The number of fused-ring (bicyclic) bond motifs is 1. The minimum atomic E-state index is 0. The number of nitrogens with one attached hydrogen (secondary N) is 1. The van der Waals surface area contributed by atoms with Crippen molar-refractivity contribution in [3.8, 4) is 0 Å². The number of amides is 1. The van der Waals surface area contributed by atoms with Crippen LogP contribution in [0.1, 0.15) is 31.7 Å². The van der Waals surface area contributed by atoms with Gasteiger partial charge in [-0.25, -0.2) is 0 Å². The fraction of sp³-hybridized carbons (Fsp3) is 0.588. The van der Waals surface area contributed by atoms with Gasteiger partial charge < -0.3 is 10.2 Å². The number of piperidine rings is 1. The molecule has 3 nitrogen and oxygen atoms in total. The van der Waals surface area contributed by atoms with E-state index in [9.17, 15) is 4.79 Å². The molecule has 2 unspecified atom stereocenters. The summed E-state index contributed by atoms with van der Waals surface area (Å²) >= 11 is 6.22. The van der Waals surface area contributed by atoms with Gasteiger partial charge in [0, 0.05) is 23.7 Å². The molecule has 1 fully saturated rings. The summed E-state index contributed by atoms with van der Waals surface area (Å²) in [6.07, 6.45) is 3.98. The molecule has 0 aromatic heterocycles. The van der Waals surface area contributed by atoms with E-state index in [1.165, 1.54) is 12.8 Å².